The molecule has 2 aliphatic rings. The molecule has 2 aliphatic heterocycles. The highest BCUT2D eigenvalue weighted by Crippen LogP contribution is 2.22. The number of nitrogens with zero attached hydrogens (tertiary/aromatic N) is 2. The van der Waals surface area contributed by atoms with E-state index in [1.807, 2.05) is 30.3 Å². The highest BCUT2D eigenvalue weighted by molar-refractivity contribution is 6.08. The Labute approximate surface area is 155 Å². The van der Waals surface area contributed by atoms with Crippen LogP contribution in [0, 0.1) is 0 Å². The Hall–Kier alpha value is -3.23. The number of hydrogen-bond donors (Lipinski definition) is 2. The SMILES string of the molecule is C[C@]1(CCc2ccccc2)NC(=O)N(NC(=O)CN2C(=O)CCC2=O)C1=O. The first-order valence-corrected chi connectivity index (χ1v) is 8.63. The molecule has 142 valence electrons. The minimum atomic E-state index is -1.15. The van der Waals surface area contributed by atoms with Gasteiger partial charge in [0.15, 0.2) is 0 Å². The lowest BCUT2D eigenvalue weighted by atomic mass is 9.93. The molecule has 0 unspecified atom stereocenters. The molecular formula is C18H20N4O5. The number of amides is 6. The van der Waals surface area contributed by atoms with Crippen molar-refractivity contribution in [2.75, 3.05) is 6.54 Å². The molecule has 6 amide bonds. The summed E-state index contributed by atoms with van der Waals surface area (Å²) in [5, 5.41) is 3.20. The molecule has 27 heavy (non-hydrogen) atoms. The van der Waals surface area contributed by atoms with Gasteiger partial charge in [-0.25, -0.2) is 4.79 Å². The molecule has 0 spiro atoms. The van der Waals surface area contributed by atoms with Gasteiger partial charge in [0.25, 0.3) is 11.8 Å². The van der Waals surface area contributed by atoms with Crippen molar-refractivity contribution in [1.82, 2.24) is 20.7 Å². The Balaban J connectivity index is 1.60. The molecule has 1 aromatic carbocycles. The first-order valence-electron chi connectivity index (χ1n) is 8.63. The Morgan fingerprint density at radius 3 is 2.37 bits per heavy atom. The average molecular weight is 372 g/mol. The Bertz CT molecular complexity index is 793. The van der Waals surface area contributed by atoms with Gasteiger partial charge in [-0.05, 0) is 25.3 Å². The van der Waals surface area contributed by atoms with Crippen LogP contribution in [0.25, 0.3) is 0 Å². The Morgan fingerprint density at radius 2 is 1.74 bits per heavy atom. The molecule has 9 nitrogen and oxygen atoms in total. The van der Waals surface area contributed by atoms with E-state index in [2.05, 4.69) is 10.7 Å². The van der Waals surface area contributed by atoms with Crippen molar-refractivity contribution in [3.8, 4) is 0 Å². The first kappa shape index (κ1) is 18.6. The summed E-state index contributed by atoms with van der Waals surface area (Å²) in [5.74, 6) is -2.26. The van der Waals surface area contributed by atoms with E-state index < -0.39 is 41.7 Å². The number of nitrogens with one attached hydrogen (secondary N) is 2. The van der Waals surface area contributed by atoms with Gasteiger partial charge in [-0.1, -0.05) is 30.3 Å². The highest BCUT2D eigenvalue weighted by atomic mass is 16.2. The topological polar surface area (TPSA) is 116 Å². The van der Waals surface area contributed by atoms with Gasteiger partial charge < -0.3 is 5.32 Å². The van der Waals surface area contributed by atoms with E-state index in [1.54, 1.807) is 6.92 Å². The maximum Gasteiger partial charge on any atom is 0.344 e. The van der Waals surface area contributed by atoms with Crippen molar-refractivity contribution in [2.24, 2.45) is 0 Å². The van der Waals surface area contributed by atoms with Gasteiger partial charge in [0, 0.05) is 12.8 Å². The maximum atomic E-state index is 12.6. The predicted molar refractivity (Wildman–Crippen MR) is 92.6 cm³/mol. The number of aryl methyl sites for hydroxylation is 1. The van der Waals surface area contributed by atoms with Crippen LogP contribution in [-0.4, -0.2) is 51.7 Å². The molecule has 0 radical (unpaired) electrons. The van der Waals surface area contributed by atoms with Crippen LogP contribution in [0.1, 0.15) is 31.7 Å². The van der Waals surface area contributed by atoms with Crippen LogP contribution in [0.2, 0.25) is 0 Å². The van der Waals surface area contributed by atoms with Gasteiger partial charge in [-0.15, -0.1) is 0 Å². The molecule has 2 saturated heterocycles. The van der Waals surface area contributed by atoms with E-state index in [-0.39, 0.29) is 12.8 Å². The van der Waals surface area contributed by atoms with E-state index >= 15 is 0 Å². The number of imide groups is 2. The third-order valence-corrected chi connectivity index (χ3v) is 4.71. The second-order valence-electron chi connectivity index (χ2n) is 6.80. The number of hydrogen-bond acceptors (Lipinski definition) is 5. The zero-order valence-electron chi connectivity index (χ0n) is 14.9. The number of hydrazine groups is 1. The minimum Gasteiger partial charge on any atom is -0.322 e. The smallest absolute Gasteiger partial charge is 0.322 e. The summed E-state index contributed by atoms with van der Waals surface area (Å²) in [5.41, 5.74) is 2.06. The third kappa shape index (κ3) is 3.81. The van der Waals surface area contributed by atoms with Crippen molar-refractivity contribution in [2.45, 2.75) is 38.1 Å². The molecule has 2 heterocycles. The summed E-state index contributed by atoms with van der Waals surface area (Å²) >= 11 is 0. The normalized spacial score (nSPS) is 22.4. The molecular weight excluding hydrogens is 352 g/mol. The second-order valence-corrected chi connectivity index (χ2v) is 6.80. The van der Waals surface area contributed by atoms with Gasteiger partial charge in [0.1, 0.15) is 12.1 Å². The number of urea groups is 1. The standard InChI is InChI=1S/C18H20N4O5/c1-18(10-9-12-5-3-2-4-6-12)16(26)22(17(27)19-18)20-13(23)11-21-14(24)7-8-15(21)25/h2-6H,7-11H2,1H3,(H,19,27)(H,20,23)/t18-/m1/s1. The van der Waals surface area contributed by atoms with E-state index in [9.17, 15) is 24.0 Å². The van der Waals surface area contributed by atoms with Gasteiger partial charge in [0.05, 0.1) is 0 Å². The summed E-state index contributed by atoms with van der Waals surface area (Å²) < 4.78 is 0. The van der Waals surface area contributed by atoms with Crippen LogP contribution in [-0.2, 0) is 25.6 Å². The average Bonchev–Trinajstić information content (AvgIpc) is 3.06. The van der Waals surface area contributed by atoms with Crippen molar-refractivity contribution in [3.63, 3.8) is 0 Å². The maximum absolute atomic E-state index is 12.6. The molecule has 1 aromatic rings. The summed E-state index contributed by atoms with van der Waals surface area (Å²) in [7, 11) is 0. The lowest BCUT2D eigenvalue weighted by Gasteiger charge is -2.22. The molecule has 2 N–H and O–H groups in total. The third-order valence-electron chi connectivity index (χ3n) is 4.71. The summed E-state index contributed by atoms with van der Waals surface area (Å²) in [6.45, 7) is 1.07. The number of likely N-dealkylation sites (tertiary alicyclic amines) is 1. The van der Waals surface area contributed by atoms with Crippen molar-refractivity contribution in [1.29, 1.82) is 0 Å². The number of carbonyl (C=O) groups is 5. The largest absolute Gasteiger partial charge is 0.344 e. The zero-order valence-corrected chi connectivity index (χ0v) is 14.9. The molecule has 9 heteroatoms. The lowest BCUT2D eigenvalue weighted by molar-refractivity contribution is -0.144. The fourth-order valence-corrected chi connectivity index (χ4v) is 3.10. The molecule has 3 rings (SSSR count). The molecule has 2 fully saturated rings. The van der Waals surface area contributed by atoms with E-state index in [4.69, 9.17) is 0 Å². The van der Waals surface area contributed by atoms with Crippen molar-refractivity contribution in [3.05, 3.63) is 35.9 Å². The number of rotatable bonds is 6. The van der Waals surface area contributed by atoms with Crippen molar-refractivity contribution >= 4 is 29.7 Å². The van der Waals surface area contributed by atoms with E-state index in [1.165, 1.54) is 0 Å². The van der Waals surface area contributed by atoms with Gasteiger partial charge >= 0.3 is 6.03 Å². The van der Waals surface area contributed by atoms with Crippen LogP contribution < -0.4 is 10.7 Å². The van der Waals surface area contributed by atoms with E-state index in [0.717, 1.165) is 10.5 Å². The number of carbonyl (C=O) groups excluding carboxylic acids is 5. The lowest BCUT2D eigenvalue weighted by Crippen LogP contribution is -2.51. The molecule has 0 aliphatic carbocycles. The summed E-state index contributed by atoms with van der Waals surface area (Å²) in [6.07, 6.45) is 1.05. The summed E-state index contributed by atoms with van der Waals surface area (Å²) in [6, 6.07) is 8.77. The molecule has 0 bridgehead atoms. The molecule has 0 saturated carbocycles. The van der Waals surface area contributed by atoms with Crippen LogP contribution in [0.4, 0.5) is 4.79 Å². The second kappa shape index (κ2) is 7.18. The first-order chi connectivity index (χ1) is 12.8. The van der Waals surface area contributed by atoms with Crippen LogP contribution in [0.15, 0.2) is 30.3 Å². The Morgan fingerprint density at radius 1 is 1.11 bits per heavy atom. The van der Waals surface area contributed by atoms with Gasteiger partial charge in [-0.3, -0.25) is 29.5 Å². The quantitative estimate of drug-likeness (QED) is 0.543. The van der Waals surface area contributed by atoms with E-state index in [0.29, 0.717) is 17.9 Å². The fourth-order valence-electron chi connectivity index (χ4n) is 3.10. The zero-order chi connectivity index (χ0) is 19.6. The van der Waals surface area contributed by atoms with Crippen molar-refractivity contribution < 1.29 is 24.0 Å². The molecule has 1 atom stereocenters. The van der Waals surface area contributed by atoms with Crippen LogP contribution >= 0.6 is 0 Å². The fraction of sp³-hybridized carbons (Fsp3) is 0.389. The Kier molecular flexibility index (Phi) is 4.93. The monoisotopic (exact) mass is 372 g/mol. The minimum absolute atomic E-state index is 0.0623. The predicted octanol–water partition coefficient (Wildman–Crippen LogP) is 0.110. The summed E-state index contributed by atoms with van der Waals surface area (Å²) in [4.78, 5) is 60.9. The van der Waals surface area contributed by atoms with Gasteiger partial charge in [-0.2, -0.15) is 5.01 Å². The van der Waals surface area contributed by atoms with Crippen LogP contribution in [0.5, 0.6) is 0 Å². The van der Waals surface area contributed by atoms with Gasteiger partial charge in [0.2, 0.25) is 11.8 Å². The molecule has 0 aromatic heterocycles. The number of benzene rings is 1. The van der Waals surface area contributed by atoms with Crippen LogP contribution in [0.3, 0.4) is 0 Å². The highest BCUT2D eigenvalue weighted by Gasteiger charge is 2.48.